The van der Waals surface area contributed by atoms with Gasteiger partial charge in [0, 0.05) is 12.6 Å². The Hall–Kier alpha value is -1.23. The van der Waals surface area contributed by atoms with E-state index < -0.39 is 111 Å². The van der Waals surface area contributed by atoms with Gasteiger partial charge in [0.25, 0.3) is 11.8 Å². The van der Waals surface area contributed by atoms with E-state index in [9.17, 15) is 44.2 Å². The number of alkyl halides is 2. The van der Waals surface area contributed by atoms with Gasteiger partial charge in [0.05, 0.1) is 31.3 Å². The molecule has 0 aromatic carbocycles. The van der Waals surface area contributed by atoms with Crippen molar-refractivity contribution < 1.29 is 63.2 Å². The molecule has 2 aliphatic heterocycles. The second-order valence-corrected chi connectivity index (χ2v) is 10.0. The predicted molar refractivity (Wildman–Crippen MR) is 124 cm³/mol. The topological polar surface area (TPSA) is 291 Å². The van der Waals surface area contributed by atoms with Crippen LogP contribution in [0, 0.1) is 0 Å². The van der Waals surface area contributed by atoms with Gasteiger partial charge in [0.2, 0.25) is 0 Å². The molecule has 0 spiro atoms. The third-order valence-electron chi connectivity index (χ3n) is 7.18. The van der Waals surface area contributed by atoms with Crippen molar-refractivity contribution in [2.75, 3.05) is 19.7 Å². The van der Waals surface area contributed by atoms with Crippen molar-refractivity contribution in [2.24, 2.45) is 22.9 Å². The number of hydrogen-bond donors (Lipinski definition) is 11. The average Bonchev–Trinajstić information content (AvgIpc) is 3.20. The molecule has 1 aliphatic carbocycles. The molecular weight excluding hydrogens is 536 g/mol. The van der Waals surface area contributed by atoms with E-state index in [0.29, 0.717) is 0 Å². The smallest absolute Gasteiger partial charge is 0.294 e. The quantitative estimate of drug-likeness (QED) is 0.115. The molecule has 0 aromatic rings. The molecule has 1 saturated carbocycles. The highest BCUT2D eigenvalue weighted by Crippen LogP contribution is 2.32. The molecule has 3 rings (SSSR count). The van der Waals surface area contributed by atoms with Crippen molar-refractivity contribution >= 4 is 5.91 Å². The van der Waals surface area contributed by atoms with Crippen LogP contribution in [0.3, 0.4) is 0 Å². The van der Waals surface area contributed by atoms with Gasteiger partial charge in [0.15, 0.2) is 18.7 Å². The number of ether oxygens (including phenoxy) is 4. The molecule has 0 bridgehead atoms. The van der Waals surface area contributed by atoms with Gasteiger partial charge in [-0.3, -0.25) is 4.79 Å². The number of nitrogens with one attached hydrogen (secondary N) is 1. The molecule has 3 fully saturated rings. The summed E-state index contributed by atoms with van der Waals surface area (Å²) in [7, 11) is 0. The Morgan fingerprint density at radius 3 is 2.21 bits per heavy atom. The number of hydrogen-bond acceptors (Lipinski definition) is 15. The van der Waals surface area contributed by atoms with Crippen molar-refractivity contribution in [3.05, 3.63) is 0 Å². The molecule has 2 heterocycles. The zero-order chi connectivity index (χ0) is 29.2. The van der Waals surface area contributed by atoms with Crippen LogP contribution in [-0.4, -0.2) is 148 Å². The van der Waals surface area contributed by atoms with Crippen molar-refractivity contribution in [3.8, 4) is 0 Å². The summed E-state index contributed by atoms with van der Waals surface area (Å²) in [5.41, 5.74) is 22.3. The van der Waals surface area contributed by atoms with Crippen molar-refractivity contribution in [2.45, 2.75) is 104 Å². The zero-order valence-electron chi connectivity index (χ0n) is 20.9. The first-order chi connectivity index (χ1) is 18.2. The molecule has 16 nitrogen and oxygen atoms in total. The second-order valence-electron chi connectivity index (χ2n) is 10.0. The van der Waals surface area contributed by atoms with Gasteiger partial charge in [-0.1, -0.05) is 0 Å². The first kappa shape index (κ1) is 32.3. The fourth-order valence-electron chi connectivity index (χ4n) is 4.83. The van der Waals surface area contributed by atoms with E-state index in [-0.39, 0.29) is 19.4 Å². The minimum absolute atomic E-state index is 0.00974. The van der Waals surface area contributed by atoms with E-state index in [1.54, 1.807) is 0 Å². The normalized spacial score (nSPS) is 44.3. The third kappa shape index (κ3) is 6.99. The first-order valence-corrected chi connectivity index (χ1v) is 12.5. The van der Waals surface area contributed by atoms with E-state index in [4.69, 9.17) is 41.9 Å². The van der Waals surface area contributed by atoms with Crippen molar-refractivity contribution in [3.63, 3.8) is 0 Å². The van der Waals surface area contributed by atoms with Gasteiger partial charge in [0.1, 0.15) is 42.7 Å². The fraction of sp³-hybridized carbons (Fsp3) is 0.952. The van der Waals surface area contributed by atoms with Crippen LogP contribution in [0.25, 0.3) is 0 Å². The molecule has 0 aromatic heterocycles. The Bertz CT molecular complexity index is 820. The molecule has 0 unspecified atom stereocenters. The summed E-state index contributed by atoms with van der Waals surface area (Å²) in [6.07, 6.45) is -16.3. The van der Waals surface area contributed by atoms with Gasteiger partial charge in [-0.15, -0.1) is 0 Å². The number of carbonyl (C=O) groups is 1. The Kier molecular flexibility index (Phi) is 10.9. The van der Waals surface area contributed by atoms with Gasteiger partial charge >= 0.3 is 0 Å². The first-order valence-electron chi connectivity index (χ1n) is 12.5. The molecule has 0 radical (unpaired) electrons. The van der Waals surface area contributed by atoms with Gasteiger partial charge in [-0.2, -0.15) is 0 Å². The van der Waals surface area contributed by atoms with Crippen molar-refractivity contribution in [1.82, 2.24) is 5.32 Å². The summed E-state index contributed by atoms with van der Waals surface area (Å²) in [4.78, 5) is 12.1. The third-order valence-corrected chi connectivity index (χ3v) is 7.18. The van der Waals surface area contributed by atoms with Gasteiger partial charge in [-0.05, 0) is 12.8 Å². The number of halogens is 2. The lowest BCUT2D eigenvalue weighted by molar-refractivity contribution is -0.280. The van der Waals surface area contributed by atoms with Crippen LogP contribution in [-0.2, 0) is 23.7 Å². The molecule has 15 N–H and O–H groups in total. The highest BCUT2D eigenvalue weighted by Gasteiger charge is 2.52. The maximum atomic E-state index is 13.6. The minimum atomic E-state index is -3.90. The number of aliphatic hydroxyl groups excluding tert-OH is 6. The van der Waals surface area contributed by atoms with E-state index in [1.807, 2.05) is 0 Å². The van der Waals surface area contributed by atoms with Gasteiger partial charge in [-0.25, -0.2) is 8.78 Å². The van der Waals surface area contributed by atoms with E-state index in [1.165, 1.54) is 0 Å². The lowest BCUT2D eigenvalue weighted by atomic mass is 9.86. The molecule has 3 aliphatic rings. The SMILES string of the molecule is NC[C@@H]1O[C@H](O[C@H]2[C@@H](O)[C@H](O[C@H]3C[C@@H](N)C[C@@H](NC(=O)[C@@H](O)C(F)(F)CN)[C@@H]3O)O[C@@H]2CO)[C@H](N)[C@@H](O)[C@@H]1O. The molecule has 39 heavy (non-hydrogen) atoms. The van der Waals surface area contributed by atoms with Crippen LogP contribution in [0.2, 0.25) is 0 Å². The average molecular weight is 576 g/mol. The highest BCUT2D eigenvalue weighted by molar-refractivity contribution is 5.82. The molecule has 18 heteroatoms. The maximum absolute atomic E-state index is 13.6. The van der Waals surface area contributed by atoms with Crippen molar-refractivity contribution in [1.29, 1.82) is 0 Å². The molecular formula is C21H39F2N5O11. The van der Waals surface area contributed by atoms with E-state index in [2.05, 4.69) is 5.32 Å². The number of amides is 1. The van der Waals surface area contributed by atoms with Crippen LogP contribution >= 0.6 is 0 Å². The van der Waals surface area contributed by atoms with Crippen LogP contribution in [0.5, 0.6) is 0 Å². The predicted octanol–water partition coefficient (Wildman–Crippen LogP) is -6.51. The second kappa shape index (κ2) is 13.2. The van der Waals surface area contributed by atoms with Crippen LogP contribution in [0.4, 0.5) is 8.78 Å². The van der Waals surface area contributed by atoms with Gasteiger partial charge < -0.3 is 77.8 Å². The zero-order valence-corrected chi connectivity index (χ0v) is 20.9. The summed E-state index contributed by atoms with van der Waals surface area (Å²) >= 11 is 0. The largest absolute Gasteiger partial charge is 0.394 e. The Morgan fingerprint density at radius 2 is 1.62 bits per heavy atom. The number of nitrogens with two attached hydrogens (primary N) is 4. The highest BCUT2D eigenvalue weighted by atomic mass is 19.3. The molecule has 228 valence electrons. The Morgan fingerprint density at radius 1 is 0.974 bits per heavy atom. The van der Waals surface area contributed by atoms with Crippen LogP contribution in [0.15, 0.2) is 0 Å². The summed E-state index contributed by atoms with van der Waals surface area (Å²) < 4.78 is 49.7. The number of aliphatic hydroxyl groups is 6. The summed E-state index contributed by atoms with van der Waals surface area (Å²) in [5, 5.41) is 63.4. The lowest BCUT2D eigenvalue weighted by Crippen LogP contribution is -2.64. The monoisotopic (exact) mass is 575 g/mol. The summed E-state index contributed by atoms with van der Waals surface area (Å²) in [6, 6.07) is -3.15. The standard InChI is InChI=1S/C21H39F2N5O11/c22-21(23,5-25)17(34)18(35)28-7-1-6(26)2-8(12(7)30)36-20-15(33)16(10(4-29)38-20)39-19-11(27)14(32)13(31)9(3-24)37-19/h6-17,19-20,29-34H,1-5,24-27H2,(H,28,35)/t6-,7+,8-,9-,10+,11+,12-,13+,14+,15+,16+,17+,19+,20+/m0/s1. The molecule has 1 amide bonds. The van der Waals surface area contributed by atoms with Crippen LogP contribution in [0.1, 0.15) is 12.8 Å². The lowest BCUT2D eigenvalue weighted by Gasteiger charge is -2.42. The minimum Gasteiger partial charge on any atom is -0.394 e. The van der Waals surface area contributed by atoms with Crippen LogP contribution < -0.4 is 28.3 Å². The number of rotatable bonds is 10. The molecule has 14 atom stereocenters. The summed E-state index contributed by atoms with van der Waals surface area (Å²) in [6.45, 7) is -2.12. The number of carbonyl (C=O) groups excluding carboxylic acids is 1. The maximum Gasteiger partial charge on any atom is 0.294 e. The van der Waals surface area contributed by atoms with E-state index >= 15 is 0 Å². The fourth-order valence-corrected chi connectivity index (χ4v) is 4.83. The summed E-state index contributed by atoms with van der Waals surface area (Å²) in [5.74, 6) is -5.37. The van der Waals surface area contributed by atoms with E-state index in [0.717, 1.165) is 0 Å². The molecule has 2 saturated heterocycles. The Balaban J connectivity index is 1.66. The Labute approximate surface area is 222 Å².